The van der Waals surface area contributed by atoms with Crippen LogP contribution in [0.15, 0.2) is 22.7 Å². The molecule has 0 amide bonds. The second-order valence-corrected chi connectivity index (χ2v) is 6.84. The Bertz CT molecular complexity index is 357. The summed E-state index contributed by atoms with van der Waals surface area (Å²) in [5.41, 5.74) is 0.893. The predicted octanol–water partition coefficient (Wildman–Crippen LogP) is 3.54. The van der Waals surface area contributed by atoms with E-state index in [2.05, 4.69) is 43.2 Å². The Balaban J connectivity index is 2.78. The van der Waals surface area contributed by atoms with Crippen LogP contribution < -0.4 is 4.72 Å². The van der Waals surface area contributed by atoms with Crippen LogP contribution in [0.1, 0.15) is 13.8 Å². The fourth-order valence-electron chi connectivity index (χ4n) is 0.794. The average Bonchev–Trinajstić information content (AvgIpc) is 2.11. The third kappa shape index (κ3) is 3.51. The highest BCUT2D eigenvalue weighted by molar-refractivity contribution is 14.1. The molecule has 0 aliphatic rings. The van der Waals surface area contributed by atoms with E-state index in [1.165, 1.54) is 0 Å². The predicted molar refractivity (Wildman–Crippen MR) is 73.8 cm³/mol. The SMILES string of the molecule is CC(C)S(=O)Nc1ccc(Br)c(I)c1. The lowest BCUT2D eigenvalue weighted by atomic mass is 10.3. The molecule has 0 fully saturated rings. The smallest absolute Gasteiger partial charge is 0.119 e. The monoisotopic (exact) mass is 387 g/mol. The van der Waals surface area contributed by atoms with Crippen molar-refractivity contribution in [3.8, 4) is 0 Å². The summed E-state index contributed by atoms with van der Waals surface area (Å²) in [5.74, 6) is 0. The van der Waals surface area contributed by atoms with Crippen LogP contribution in [0, 0.1) is 3.57 Å². The number of benzene rings is 1. The van der Waals surface area contributed by atoms with E-state index in [1.54, 1.807) is 0 Å². The van der Waals surface area contributed by atoms with Crippen LogP contribution in [-0.4, -0.2) is 9.46 Å². The van der Waals surface area contributed by atoms with Crippen LogP contribution in [0.2, 0.25) is 0 Å². The third-order valence-corrected chi connectivity index (χ3v) is 5.18. The molecule has 78 valence electrons. The normalized spacial score (nSPS) is 12.9. The fraction of sp³-hybridized carbons (Fsp3) is 0.333. The van der Waals surface area contributed by atoms with Crippen LogP contribution in [-0.2, 0) is 11.0 Å². The molecular weight excluding hydrogens is 377 g/mol. The van der Waals surface area contributed by atoms with E-state index >= 15 is 0 Å². The van der Waals surface area contributed by atoms with Crippen LogP contribution in [0.3, 0.4) is 0 Å². The summed E-state index contributed by atoms with van der Waals surface area (Å²) in [4.78, 5) is 0. The maximum absolute atomic E-state index is 11.5. The van der Waals surface area contributed by atoms with Crippen molar-refractivity contribution in [2.75, 3.05) is 4.72 Å². The standard InChI is InChI=1S/C9H11BrINOS/c1-6(2)14(13)12-7-3-4-8(10)9(11)5-7/h3-6,12H,1-2H3. The first-order chi connectivity index (χ1) is 6.50. The summed E-state index contributed by atoms with van der Waals surface area (Å²) in [6, 6.07) is 5.82. The Kier molecular flexibility index (Phi) is 4.86. The number of rotatable bonds is 3. The van der Waals surface area contributed by atoms with Crippen molar-refractivity contribution in [2.24, 2.45) is 0 Å². The maximum Gasteiger partial charge on any atom is 0.119 e. The van der Waals surface area contributed by atoms with Gasteiger partial charge in [0.2, 0.25) is 0 Å². The van der Waals surface area contributed by atoms with E-state index in [9.17, 15) is 4.21 Å². The van der Waals surface area contributed by atoms with Gasteiger partial charge in [0.15, 0.2) is 0 Å². The lowest BCUT2D eigenvalue weighted by molar-refractivity contribution is 0.680. The molecule has 1 unspecified atom stereocenters. The zero-order chi connectivity index (χ0) is 10.7. The van der Waals surface area contributed by atoms with Crippen molar-refractivity contribution in [3.63, 3.8) is 0 Å². The Labute approximate surface area is 109 Å². The largest absolute Gasteiger partial charge is 0.305 e. The zero-order valence-corrected chi connectivity index (χ0v) is 12.4. The van der Waals surface area contributed by atoms with Gasteiger partial charge < -0.3 is 4.72 Å². The van der Waals surface area contributed by atoms with Crippen molar-refractivity contribution in [1.82, 2.24) is 0 Å². The molecule has 1 aromatic rings. The molecule has 0 heterocycles. The summed E-state index contributed by atoms with van der Waals surface area (Å²) >= 11 is 5.64. The highest BCUT2D eigenvalue weighted by Crippen LogP contribution is 2.23. The molecule has 0 aliphatic heterocycles. The van der Waals surface area contributed by atoms with Crippen molar-refractivity contribution < 1.29 is 4.21 Å². The number of hydrogen-bond acceptors (Lipinski definition) is 1. The van der Waals surface area contributed by atoms with E-state index in [1.807, 2.05) is 32.0 Å². The average molecular weight is 388 g/mol. The minimum Gasteiger partial charge on any atom is -0.305 e. The molecule has 14 heavy (non-hydrogen) atoms. The van der Waals surface area contributed by atoms with Gasteiger partial charge in [0.1, 0.15) is 11.0 Å². The van der Waals surface area contributed by atoms with Gasteiger partial charge in [-0.15, -0.1) is 0 Å². The first-order valence-electron chi connectivity index (χ1n) is 4.13. The summed E-state index contributed by atoms with van der Waals surface area (Å²) in [7, 11) is -1.01. The van der Waals surface area contributed by atoms with E-state index in [4.69, 9.17) is 0 Å². The molecule has 0 aliphatic carbocycles. The second-order valence-electron chi connectivity index (χ2n) is 3.08. The molecule has 2 nitrogen and oxygen atoms in total. The molecule has 1 N–H and O–H groups in total. The van der Waals surface area contributed by atoms with Gasteiger partial charge in [0.05, 0.1) is 0 Å². The van der Waals surface area contributed by atoms with Gasteiger partial charge in [-0.3, -0.25) is 0 Å². The highest BCUT2D eigenvalue weighted by atomic mass is 127. The van der Waals surface area contributed by atoms with Gasteiger partial charge in [0, 0.05) is 19.0 Å². The molecule has 0 saturated carbocycles. The molecular formula is C9H11BrINOS. The van der Waals surface area contributed by atoms with Crippen molar-refractivity contribution in [1.29, 1.82) is 0 Å². The van der Waals surface area contributed by atoms with E-state index in [0.717, 1.165) is 13.7 Å². The number of halogens is 2. The van der Waals surface area contributed by atoms with Crippen LogP contribution in [0.25, 0.3) is 0 Å². The van der Waals surface area contributed by atoms with Gasteiger partial charge in [0.25, 0.3) is 0 Å². The molecule has 0 bridgehead atoms. The van der Waals surface area contributed by atoms with Crippen molar-refractivity contribution in [3.05, 3.63) is 26.2 Å². The molecule has 0 radical (unpaired) electrons. The van der Waals surface area contributed by atoms with Gasteiger partial charge in [-0.1, -0.05) is 0 Å². The number of nitrogens with one attached hydrogen (secondary N) is 1. The highest BCUT2D eigenvalue weighted by Gasteiger charge is 2.05. The first kappa shape index (κ1) is 12.4. The van der Waals surface area contributed by atoms with E-state index in [-0.39, 0.29) is 5.25 Å². The minimum atomic E-state index is -1.01. The van der Waals surface area contributed by atoms with E-state index < -0.39 is 11.0 Å². The topological polar surface area (TPSA) is 29.1 Å². The van der Waals surface area contributed by atoms with Gasteiger partial charge in [-0.25, -0.2) is 4.21 Å². The van der Waals surface area contributed by atoms with Gasteiger partial charge in [-0.05, 0) is 70.6 Å². The molecule has 0 spiro atoms. The molecule has 5 heteroatoms. The number of anilines is 1. The molecule has 1 atom stereocenters. The third-order valence-electron chi connectivity index (χ3n) is 1.57. The summed E-state index contributed by atoms with van der Waals surface area (Å²) < 4.78 is 16.6. The van der Waals surface area contributed by atoms with Crippen LogP contribution >= 0.6 is 38.5 Å². The first-order valence-corrected chi connectivity index (χ1v) is 7.21. The van der Waals surface area contributed by atoms with Gasteiger partial charge >= 0.3 is 0 Å². The minimum absolute atomic E-state index is 0.122. The fourth-order valence-corrected chi connectivity index (χ4v) is 2.15. The summed E-state index contributed by atoms with van der Waals surface area (Å²) in [6.45, 7) is 3.85. The van der Waals surface area contributed by atoms with Gasteiger partial charge in [-0.2, -0.15) is 0 Å². The summed E-state index contributed by atoms with van der Waals surface area (Å²) in [6.07, 6.45) is 0. The lowest BCUT2D eigenvalue weighted by Gasteiger charge is -2.09. The molecule has 0 aromatic heterocycles. The Hall–Kier alpha value is 0.380. The summed E-state index contributed by atoms with van der Waals surface area (Å²) in [5, 5.41) is 0.122. The molecule has 1 aromatic carbocycles. The lowest BCUT2D eigenvalue weighted by Crippen LogP contribution is -2.14. The Morgan fingerprint density at radius 2 is 2.14 bits per heavy atom. The van der Waals surface area contributed by atoms with Crippen molar-refractivity contribution in [2.45, 2.75) is 19.1 Å². The van der Waals surface area contributed by atoms with E-state index in [0.29, 0.717) is 0 Å². The number of hydrogen-bond donors (Lipinski definition) is 1. The Morgan fingerprint density at radius 1 is 1.50 bits per heavy atom. The maximum atomic E-state index is 11.5. The second kappa shape index (κ2) is 5.46. The zero-order valence-electron chi connectivity index (χ0n) is 7.88. The van der Waals surface area contributed by atoms with Crippen LogP contribution in [0.5, 0.6) is 0 Å². The van der Waals surface area contributed by atoms with Crippen molar-refractivity contribution >= 4 is 55.2 Å². The molecule has 1 rings (SSSR count). The quantitative estimate of drug-likeness (QED) is 0.789. The van der Waals surface area contributed by atoms with Crippen LogP contribution in [0.4, 0.5) is 5.69 Å². The molecule has 0 saturated heterocycles. The Morgan fingerprint density at radius 3 is 2.64 bits per heavy atom.